The molecule has 3 heterocycles. The molecule has 202 valence electrons. The maximum atomic E-state index is 14.2. The number of benzene rings is 2. The molecule has 2 bridgehead atoms. The van der Waals surface area contributed by atoms with Gasteiger partial charge >= 0.3 is 0 Å². The quantitative estimate of drug-likeness (QED) is 0.472. The molecule has 3 N–H and O–H groups in total. The molecule has 0 saturated carbocycles. The SMILES string of the molecule is CCCNC(=O)[C@@H]1[C@H]2C(=O)N([C@@H](CO)Cc3ccccc3)C(C(=O)Nc3c(C)cccc3C)C23CC[C@H]1O3. The van der Waals surface area contributed by atoms with Gasteiger partial charge in [-0.25, -0.2) is 0 Å². The van der Waals surface area contributed by atoms with Gasteiger partial charge in [-0.1, -0.05) is 55.5 Å². The molecular formula is C30H37N3O5. The number of fused-ring (bicyclic) bond motifs is 1. The van der Waals surface area contributed by atoms with Crippen molar-refractivity contribution in [3.05, 3.63) is 65.2 Å². The van der Waals surface area contributed by atoms with E-state index < -0.39 is 35.6 Å². The molecular weight excluding hydrogens is 482 g/mol. The molecule has 38 heavy (non-hydrogen) atoms. The summed E-state index contributed by atoms with van der Waals surface area (Å²) < 4.78 is 6.51. The topological polar surface area (TPSA) is 108 Å². The number of rotatable bonds is 9. The van der Waals surface area contributed by atoms with Gasteiger partial charge in [0.25, 0.3) is 0 Å². The summed E-state index contributed by atoms with van der Waals surface area (Å²) in [5.74, 6) is -2.26. The van der Waals surface area contributed by atoms with Crippen LogP contribution in [-0.4, -0.2) is 64.7 Å². The molecule has 8 nitrogen and oxygen atoms in total. The fraction of sp³-hybridized carbons (Fsp3) is 0.500. The van der Waals surface area contributed by atoms with Crippen LogP contribution in [0.2, 0.25) is 0 Å². The molecule has 3 amide bonds. The molecule has 2 aromatic rings. The summed E-state index contributed by atoms with van der Waals surface area (Å²) in [6.07, 6.45) is 1.88. The average molecular weight is 520 g/mol. The summed E-state index contributed by atoms with van der Waals surface area (Å²) in [4.78, 5) is 43.2. The van der Waals surface area contributed by atoms with Crippen molar-refractivity contribution in [1.29, 1.82) is 0 Å². The highest BCUT2D eigenvalue weighted by Gasteiger charge is 2.75. The number of amides is 3. The Balaban J connectivity index is 1.55. The number of nitrogens with zero attached hydrogens (tertiary/aromatic N) is 1. The molecule has 0 aliphatic carbocycles. The van der Waals surface area contributed by atoms with Gasteiger partial charge in [-0.15, -0.1) is 0 Å². The number of likely N-dealkylation sites (tertiary alicyclic amines) is 1. The smallest absolute Gasteiger partial charge is 0.250 e. The van der Waals surface area contributed by atoms with Gasteiger partial charge in [-0.2, -0.15) is 0 Å². The van der Waals surface area contributed by atoms with Gasteiger partial charge in [0, 0.05) is 12.2 Å². The number of aliphatic hydroxyl groups is 1. The molecule has 2 unspecified atom stereocenters. The minimum atomic E-state index is -1.11. The Morgan fingerprint density at radius 1 is 1.11 bits per heavy atom. The van der Waals surface area contributed by atoms with E-state index in [1.54, 1.807) is 0 Å². The van der Waals surface area contributed by atoms with Crippen LogP contribution in [0.3, 0.4) is 0 Å². The second-order valence-corrected chi connectivity index (χ2v) is 10.9. The summed E-state index contributed by atoms with van der Waals surface area (Å²) in [5.41, 5.74) is 2.38. The van der Waals surface area contributed by atoms with Gasteiger partial charge in [-0.05, 0) is 56.2 Å². The van der Waals surface area contributed by atoms with E-state index in [1.165, 1.54) is 4.90 Å². The van der Waals surface area contributed by atoms with Crippen LogP contribution in [0.15, 0.2) is 48.5 Å². The highest BCUT2D eigenvalue weighted by molar-refractivity contribution is 6.04. The van der Waals surface area contributed by atoms with Crippen LogP contribution in [-0.2, 0) is 25.5 Å². The Bertz CT molecular complexity index is 1200. The van der Waals surface area contributed by atoms with E-state index in [1.807, 2.05) is 69.3 Å². The maximum Gasteiger partial charge on any atom is 0.250 e. The second-order valence-electron chi connectivity index (χ2n) is 10.9. The van der Waals surface area contributed by atoms with E-state index in [0.29, 0.717) is 31.5 Å². The van der Waals surface area contributed by atoms with Crippen LogP contribution in [0.25, 0.3) is 0 Å². The average Bonchev–Trinajstić information content (AvgIpc) is 3.56. The Morgan fingerprint density at radius 2 is 1.82 bits per heavy atom. The predicted octanol–water partition coefficient (Wildman–Crippen LogP) is 2.75. The number of nitrogens with one attached hydrogen (secondary N) is 2. The number of carbonyl (C=O) groups is 3. The lowest BCUT2D eigenvalue weighted by molar-refractivity contribution is -0.144. The third kappa shape index (κ3) is 4.29. The van der Waals surface area contributed by atoms with E-state index in [-0.39, 0.29) is 24.3 Å². The monoisotopic (exact) mass is 519 g/mol. The van der Waals surface area contributed by atoms with Gasteiger partial charge in [0.05, 0.1) is 30.6 Å². The number of hydrogen-bond donors (Lipinski definition) is 3. The van der Waals surface area contributed by atoms with Crippen molar-refractivity contribution in [3.63, 3.8) is 0 Å². The maximum absolute atomic E-state index is 14.2. The summed E-state index contributed by atoms with van der Waals surface area (Å²) in [6, 6.07) is 13.8. The number of ether oxygens (including phenoxy) is 1. The van der Waals surface area contributed by atoms with Crippen LogP contribution in [0.5, 0.6) is 0 Å². The Kier molecular flexibility index (Phi) is 7.29. The van der Waals surface area contributed by atoms with E-state index in [9.17, 15) is 19.5 Å². The number of aryl methyl sites for hydroxylation is 2. The van der Waals surface area contributed by atoms with Gasteiger partial charge in [-0.3, -0.25) is 14.4 Å². The number of anilines is 1. The van der Waals surface area contributed by atoms with E-state index in [2.05, 4.69) is 10.6 Å². The van der Waals surface area contributed by atoms with Gasteiger partial charge < -0.3 is 25.4 Å². The number of para-hydroxylation sites is 1. The summed E-state index contributed by atoms with van der Waals surface area (Å²) in [5, 5.41) is 16.6. The third-order valence-corrected chi connectivity index (χ3v) is 8.49. The molecule has 3 fully saturated rings. The molecule has 0 aromatic heterocycles. The first-order valence-corrected chi connectivity index (χ1v) is 13.6. The van der Waals surface area contributed by atoms with Crippen molar-refractivity contribution in [2.75, 3.05) is 18.5 Å². The minimum absolute atomic E-state index is 0.198. The molecule has 1 spiro atoms. The lowest BCUT2D eigenvalue weighted by Crippen LogP contribution is -2.57. The Morgan fingerprint density at radius 3 is 2.47 bits per heavy atom. The highest BCUT2D eigenvalue weighted by atomic mass is 16.5. The van der Waals surface area contributed by atoms with Crippen molar-refractivity contribution < 1.29 is 24.2 Å². The lowest BCUT2D eigenvalue weighted by atomic mass is 9.70. The van der Waals surface area contributed by atoms with Gasteiger partial charge in [0.15, 0.2) is 0 Å². The molecule has 5 rings (SSSR count). The van der Waals surface area contributed by atoms with Crippen LogP contribution >= 0.6 is 0 Å². The van der Waals surface area contributed by atoms with E-state index >= 15 is 0 Å². The van der Waals surface area contributed by atoms with Crippen molar-refractivity contribution in [2.45, 2.75) is 70.2 Å². The Labute approximate surface area is 223 Å². The Hall–Kier alpha value is -3.23. The first-order chi connectivity index (χ1) is 18.3. The first-order valence-electron chi connectivity index (χ1n) is 13.6. The van der Waals surface area contributed by atoms with Crippen LogP contribution in [0, 0.1) is 25.7 Å². The molecule has 3 aliphatic heterocycles. The number of carbonyl (C=O) groups excluding carboxylic acids is 3. The standard InChI is InChI=1S/C30H37N3O5/c1-4-15-31-27(35)23-22-13-14-30(38-22)24(23)29(37)33(21(17-34)16-20-11-6-5-7-12-20)26(30)28(36)32-25-18(2)9-8-10-19(25)3/h5-12,21-24,26,34H,4,13-17H2,1-3H3,(H,31,35)(H,32,36)/t21-,22-,23+,24+,26?,30?/m1/s1. The summed E-state index contributed by atoms with van der Waals surface area (Å²) in [7, 11) is 0. The predicted molar refractivity (Wildman–Crippen MR) is 143 cm³/mol. The number of hydrogen-bond acceptors (Lipinski definition) is 5. The zero-order chi connectivity index (χ0) is 27.0. The number of aliphatic hydroxyl groups excluding tert-OH is 1. The normalized spacial score (nSPS) is 28.3. The zero-order valence-corrected chi connectivity index (χ0v) is 22.3. The molecule has 3 aliphatic rings. The fourth-order valence-electron chi connectivity index (χ4n) is 6.79. The third-order valence-electron chi connectivity index (χ3n) is 8.49. The van der Waals surface area contributed by atoms with Crippen LogP contribution < -0.4 is 10.6 Å². The van der Waals surface area contributed by atoms with Gasteiger partial charge in [0.2, 0.25) is 17.7 Å². The highest BCUT2D eigenvalue weighted by Crippen LogP contribution is 2.59. The van der Waals surface area contributed by atoms with Crippen LogP contribution in [0.4, 0.5) is 5.69 Å². The molecule has 8 heteroatoms. The van der Waals surface area contributed by atoms with Gasteiger partial charge in [0.1, 0.15) is 11.6 Å². The summed E-state index contributed by atoms with van der Waals surface area (Å²) >= 11 is 0. The van der Waals surface area contributed by atoms with Crippen molar-refractivity contribution in [2.24, 2.45) is 11.8 Å². The van der Waals surface area contributed by atoms with E-state index in [0.717, 1.165) is 23.1 Å². The summed E-state index contributed by atoms with van der Waals surface area (Å²) in [6.45, 7) is 6.04. The van der Waals surface area contributed by atoms with E-state index in [4.69, 9.17) is 4.74 Å². The van der Waals surface area contributed by atoms with Crippen molar-refractivity contribution in [1.82, 2.24) is 10.2 Å². The largest absolute Gasteiger partial charge is 0.394 e. The molecule has 3 saturated heterocycles. The molecule has 0 radical (unpaired) electrons. The van der Waals surface area contributed by atoms with Crippen molar-refractivity contribution >= 4 is 23.4 Å². The van der Waals surface area contributed by atoms with Crippen LogP contribution in [0.1, 0.15) is 42.9 Å². The molecule has 6 atom stereocenters. The fourth-order valence-corrected chi connectivity index (χ4v) is 6.79. The molecule has 2 aromatic carbocycles. The second kappa shape index (κ2) is 10.5. The van der Waals surface area contributed by atoms with Crippen molar-refractivity contribution in [3.8, 4) is 0 Å². The first kappa shape index (κ1) is 26.4. The lowest BCUT2D eigenvalue weighted by Gasteiger charge is -2.37. The zero-order valence-electron chi connectivity index (χ0n) is 22.3. The minimum Gasteiger partial charge on any atom is -0.394 e.